The van der Waals surface area contributed by atoms with Crippen LogP contribution in [0.3, 0.4) is 0 Å². The number of carbonyl (C=O) groups excluding carboxylic acids is 1. The van der Waals surface area contributed by atoms with E-state index >= 15 is 0 Å². The summed E-state index contributed by atoms with van der Waals surface area (Å²) in [5.74, 6) is -0.681. The average Bonchev–Trinajstić information content (AvgIpc) is 2.36. The third-order valence-electron chi connectivity index (χ3n) is 2.36. The van der Waals surface area contributed by atoms with Crippen molar-refractivity contribution in [3.8, 4) is 0 Å². The minimum absolute atomic E-state index is 0.308. The molecule has 0 atom stereocenters. The first-order chi connectivity index (χ1) is 8.97. The molecule has 0 fully saturated rings. The zero-order chi connectivity index (χ0) is 14.0. The van der Waals surface area contributed by atoms with E-state index in [1.165, 1.54) is 24.3 Å². The van der Waals surface area contributed by atoms with E-state index in [1.807, 2.05) is 22.6 Å². The highest BCUT2D eigenvalue weighted by Crippen LogP contribution is 2.24. The predicted octanol–water partition coefficient (Wildman–Crippen LogP) is 4.99. The van der Waals surface area contributed by atoms with Gasteiger partial charge in [0.1, 0.15) is 5.82 Å². The lowest BCUT2D eigenvalue weighted by Crippen LogP contribution is -2.12. The first-order valence-electron chi connectivity index (χ1n) is 5.19. The smallest absolute Gasteiger partial charge is 0.255 e. The molecular formula is C13H7Cl2FINO. The second kappa shape index (κ2) is 6.07. The third-order valence-corrected chi connectivity index (χ3v) is 3.99. The Balaban J connectivity index is 2.23. The van der Waals surface area contributed by atoms with Gasteiger partial charge < -0.3 is 5.32 Å². The normalized spacial score (nSPS) is 10.3. The van der Waals surface area contributed by atoms with Crippen LogP contribution in [0.2, 0.25) is 10.0 Å². The summed E-state index contributed by atoms with van der Waals surface area (Å²) in [6.45, 7) is 0. The molecule has 2 aromatic rings. The third kappa shape index (κ3) is 3.58. The van der Waals surface area contributed by atoms with E-state index in [2.05, 4.69) is 5.32 Å². The Morgan fingerprint density at radius 1 is 1.11 bits per heavy atom. The maximum atomic E-state index is 13.0. The van der Waals surface area contributed by atoms with Crippen molar-refractivity contribution in [1.82, 2.24) is 0 Å². The van der Waals surface area contributed by atoms with Crippen molar-refractivity contribution >= 4 is 57.4 Å². The molecule has 0 saturated carbocycles. The fourth-order valence-corrected chi connectivity index (χ4v) is 2.33. The van der Waals surface area contributed by atoms with Gasteiger partial charge >= 0.3 is 0 Å². The van der Waals surface area contributed by atoms with E-state index in [0.29, 0.717) is 24.9 Å². The molecule has 0 spiro atoms. The van der Waals surface area contributed by atoms with E-state index in [9.17, 15) is 9.18 Å². The van der Waals surface area contributed by atoms with Gasteiger partial charge in [0.15, 0.2) is 0 Å². The number of halogens is 4. The summed E-state index contributed by atoms with van der Waals surface area (Å²) in [7, 11) is 0. The highest BCUT2D eigenvalue weighted by Gasteiger charge is 2.10. The van der Waals surface area contributed by atoms with Gasteiger partial charge in [0.2, 0.25) is 0 Å². The van der Waals surface area contributed by atoms with Gasteiger partial charge in [0.05, 0.1) is 15.7 Å². The Morgan fingerprint density at radius 3 is 2.47 bits per heavy atom. The summed E-state index contributed by atoms with van der Waals surface area (Å²) in [5.41, 5.74) is 0.924. The highest BCUT2D eigenvalue weighted by molar-refractivity contribution is 14.1. The van der Waals surface area contributed by atoms with Crippen LogP contribution in [0.5, 0.6) is 0 Å². The van der Waals surface area contributed by atoms with E-state index in [0.717, 1.165) is 0 Å². The number of anilines is 1. The van der Waals surface area contributed by atoms with Crippen LogP contribution in [0, 0.1) is 9.39 Å². The molecule has 2 aromatic carbocycles. The van der Waals surface area contributed by atoms with Crippen LogP contribution >= 0.6 is 45.8 Å². The molecule has 19 heavy (non-hydrogen) atoms. The Kier molecular flexibility index (Phi) is 4.65. The first kappa shape index (κ1) is 14.6. The van der Waals surface area contributed by atoms with Gasteiger partial charge in [-0.2, -0.15) is 0 Å². The van der Waals surface area contributed by atoms with Crippen LogP contribution in [-0.4, -0.2) is 5.91 Å². The number of carbonyl (C=O) groups is 1. The number of hydrogen-bond donors (Lipinski definition) is 1. The van der Waals surface area contributed by atoms with Crippen molar-refractivity contribution < 1.29 is 9.18 Å². The molecule has 2 nitrogen and oxygen atoms in total. The predicted molar refractivity (Wildman–Crippen MR) is 83.5 cm³/mol. The highest BCUT2D eigenvalue weighted by atomic mass is 127. The summed E-state index contributed by atoms with van der Waals surface area (Å²) < 4.78 is 13.6. The van der Waals surface area contributed by atoms with Gasteiger partial charge in [-0.3, -0.25) is 4.79 Å². The second-order valence-electron chi connectivity index (χ2n) is 3.71. The van der Waals surface area contributed by atoms with Crippen molar-refractivity contribution in [2.75, 3.05) is 5.32 Å². The van der Waals surface area contributed by atoms with Crippen molar-refractivity contribution in [2.24, 2.45) is 0 Å². The summed E-state index contributed by atoms with van der Waals surface area (Å²) in [6, 6.07) is 8.73. The Morgan fingerprint density at radius 2 is 1.84 bits per heavy atom. The molecule has 6 heteroatoms. The summed E-state index contributed by atoms with van der Waals surface area (Å²) in [6.07, 6.45) is 0. The van der Waals surface area contributed by atoms with E-state index < -0.39 is 0 Å². The standard InChI is InChI=1S/C13H7Cl2FINO/c14-9-3-1-7(5-10(9)15)13(19)18-12-4-2-8(16)6-11(12)17/h1-6H,(H,18,19). The minimum atomic E-state index is -0.350. The number of benzene rings is 2. The molecule has 0 radical (unpaired) electrons. The molecule has 0 unspecified atom stereocenters. The fourth-order valence-electron chi connectivity index (χ4n) is 1.42. The molecule has 98 valence electrons. The molecule has 0 heterocycles. The Labute approximate surface area is 133 Å². The quantitative estimate of drug-likeness (QED) is 0.695. The van der Waals surface area contributed by atoms with Gasteiger partial charge in [-0.05, 0) is 59.0 Å². The van der Waals surface area contributed by atoms with Crippen molar-refractivity contribution in [1.29, 1.82) is 0 Å². The minimum Gasteiger partial charge on any atom is -0.321 e. The molecule has 1 amide bonds. The Bertz CT molecular complexity index is 649. The SMILES string of the molecule is O=C(Nc1ccc(F)cc1I)c1ccc(Cl)c(Cl)c1. The lowest BCUT2D eigenvalue weighted by atomic mass is 10.2. The maximum absolute atomic E-state index is 13.0. The molecular weight excluding hydrogens is 403 g/mol. The van der Waals surface area contributed by atoms with E-state index in [-0.39, 0.29) is 11.7 Å². The van der Waals surface area contributed by atoms with Gasteiger partial charge in [-0.1, -0.05) is 23.2 Å². The van der Waals surface area contributed by atoms with Gasteiger partial charge in [-0.15, -0.1) is 0 Å². The number of rotatable bonds is 2. The summed E-state index contributed by atoms with van der Waals surface area (Å²) in [4.78, 5) is 12.0. The zero-order valence-electron chi connectivity index (χ0n) is 9.38. The Hall–Kier alpha value is -0.850. The fraction of sp³-hybridized carbons (Fsp3) is 0. The first-order valence-corrected chi connectivity index (χ1v) is 7.02. The number of amides is 1. The molecule has 0 aromatic heterocycles. The van der Waals surface area contributed by atoms with Gasteiger partial charge in [-0.25, -0.2) is 4.39 Å². The van der Waals surface area contributed by atoms with Crippen molar-refractivity contribution in [3.63, 3.8) is 0 Å². The topological polar surface area (TPSA) is 29.1 Å². The van der Waals surface area contributed by atoms with Crippen LogP contribution < -0.4 is 5.32 Å². The molecule has 0 aliphatic heterocycles. The lowest BCUT2D eigenvalue weighted by molar-refractivity contribution is 0.102. The molecule has 0 saturated heterocycles. The van der Waals surface area contributed by atoms with E-state index in [1.54, 1.807) is 12.1 Å². The van der Waals surface area contributed by atoms with Gasteiger partial charge in [0, 0.05) is 9.13 Å². The summed E-state index contributed by atoms with van der Waals surface area (Å²) >= 11 is 13.6. The van der Waals surface area contributed by atoms with Crippen LogP contribution in [0.25, 0.3) is 0 Å². The van der Waals surface area contributed by atoms with Crippen LogP contribution in [-0.2, 0) is 0 Å². The monoisotopic (exact) mass is 409 g/mol. The van der Waals surface area contributed by atoms with E-state index in [4.69, 9.17) is 23.2 Å². The van der Waals surface area contributed by atoms with Crippen LogP contribution in [0.4, 0.5) is 10.1 Å². The molecule has 0 aliphatic carbocycles. The van der Waals surface area contributed by atoms with Crippen molar-refractivity contribution in [2.45, 2.75) is 0 Å². The van der Waals surface area contributed by atoms with Crippen LogP contribution in [0.1, 0.15) is 10.4 Å². The number of nitrogens with one attached hydrogen (secondary N) is 1. The molecule has 0 aliphatic rings. The van der Waals surface area contributed by atoms with Crippen LogP contribution in [0.15, 0.2) is 36.4 Å². The van der Waals surface area contributed by atoms with Crippen molar-refractivity contribution in [3.05, 3.63) is 61.4 Å². The maximum Gasteiger partial charge on any atom is 0.255 e. The lowest BCUT2D eigenvalue weighted by Gasteiger charge is -2.08. The number of hydrogen-bond acceptors (Lipinski definition) is 1. The summed E-state index contributed by atoms with van der Waals surface area (Å²) in [5, 5.41) is 3.38. The second-order valence-corrected chi connectivity index (χ2v) is 5.68. The zero-order valence-corrected chi connectivity index (χ0v) is 13.1. The average molecular weight is 410 g/mol. The molecule has 2 rings (SSSR count). The molecule has 1 N–H and O–H groups in total. The van der Waals surface area contributed by atoms with Gasteiger partial charge in [0.25, 0.3) is 5.91 Å². The largest absolute Gasteiger partial charge is 0.321 e. The molecule has 0 bridgehead atoms.